The molecule has 0 aliphatic carbocycles. The number of hydrogen-bond donors (Lipinski definition) is 1. The van der Waals surface area contributed by atoms with Crippen LogP contribution in [0.2, 0.25) is 0 Å². The van der Waals surface area contributed by atoms with Crippen LogP contribution in [0.1, 0.15) is 21.8 Å². The molecule has 1 aromatic rings. The Balaban J connectivity index is 2.96. The predicted molar refractivity (Wildman–Crippen MR) is 60.8 cm³/mol. The highest BCUT2D eigenvalue weighted by atomic mass is 32.2. The summed E-state index contributed by atoms with van der Waals surface area (Å²) >= 11 is 0.527. The zero-order chi connectivity index (χ0) is 13.9. The third-order valence-corrected chi connectivity index (χ3v) is 5.27. The molecule has 100 valence electrons. The molecule has 9 heteroatoms. The summed E-state index contributed by atoms with van der Waals surface area (Å²) in [4.78, 5) is 14.2. The second-order valence-electron chi connectivity index (χ2n) is 3.30. The molecule has 1 rings (SSSR count). The van der Waals surface area contributed by atoms with Crippen LogP contribution in [0.3, 0.4) is 0 Å². The SMILES string of the molecule is Cc1nc(S(=O)(=O)CCC=C(F)F)sc1C(=O)O. The average Bonchev–Trinajstić information content (AvgIpc) is 2.60. The highest BCUT2D eigenvalue weighted by Gasteiger charge is 2.23. The van der Waals surface area contributed by atoms with Crippen molar-refractivity contribution in [3.05, 3.63) is 22.7 Å². The minimum atomic E-state index is -3.82. The molecule has 18 heavy (non-hydrogen) atoms. The summed E-state index contributed by atoms with van der Waals surface area (Å²) in [7, 11) is -3.82. The van der Waals surface area contributed by atoms with Crippen LogP contribution in [-0.4, -0.2) is 30.2 Å². The van der Waals surface area contributed by atoms with E-state index < -0.39 is 27.6 Å². The fraction of sp³-hybridized carbons (Fsp3) is 0.333. The van der Waals surface area contributed by atoms with Gasteiger partial charge in [-0.25, -0.2) is 18.2 Å². The van der Waals surface area contributed by atoms with Gasteiger partial charge in [0.25, 0.3) is 6.08 Å². The average molecular weight is 297 g/mol. The molecule has 1 heterocycles. The lowest BCUT2D eigenvalue weighted by molar-refractivity contribution is 0.0701. The number of allylic oxidation sites excluding steroid dienone is 1. The van der Waals surface area contributed by atoms with E-state index in [-0.39, 0.29) is 21.3 Å². The van der Waals surface area contributed by atoms with Gasteiger partial charge in [-0.05, 0) is 19.4 Å². The molecule has 0 saturated carbocycles. The van der Waals surface area contributed by atoms with E-state index in [0.717, 1.165) is 0 Å². The molecule has 0 aliphatic heterocycles. The molecule has 0 amide bonds. The number of carboxylic acids is 1. The highest BCUT2D eigenvalue weighted by Crippen LogP contribution is 2.23. The summed E-state index contributed by atoms with van der Waals surface area (Å²) in [6.07, 6.45) is -1.80. The first kappa shape index (κ1) is 14.7. The molecule has 0 spiro atoms. The lowest BCUT2D eigenvalue weighted by Crippen LogP contribution is -2.05. The van der Waals surface area contributed by atoms with Crippen molar-refractivity contribution >= 4 is 27.1 Å². The number of thiazole rings is 1. The summed E-state index contributed by atoms with van der Waals surface area (Å²) in [6.45, 7) is 1.38. The van der Waals surface area contributed by atoms with Gasteiger partial charge in [-0.1, -0.05) is 11.3 Å². The van der Waals surface area contributed by atoms with Gasteiger partial charge in [-0.2, -0.15) is 8.78 Å². The number of halogens is 2. The number of hydrogen-bond acceptors (Lipinski definition) is 5. The molecule has 0 radical (unpaired) electrons. The van der Waals surface area contributed by atoms with E-state index in [4.69, 9.17) is 5.11 Å². The number of rotatable bonds is 5. The first-order chi connectivity index (χ1) is 8.24. The number of aromatic nitrogens is 1. The second-order valence-corrected chi connectivity index (χ2v) is 6.58. The zero-order valence-corrected chi connectivity index (χ0v) is 10.8. The maximum absolute atomic E-state index is 11.8. The third-order valence-electron chi connectivity index (χ3n) is 1.92. The molecule has 0 saturated heterocycles. The van der Waals surface area contributed by atoms with E-state index in [9.17, 15) is 22.0 Å². The van der Waals surface area contributed by atoms with Gasteiger partial charge in [0.2, 0.25) is 14.2 Å². The van der Waals surface area contributed by atoms with E-state index in [1.807, 2.05) is 0 Å². The molecule has 0 fully saturated rings. The fourth-order valence-corrected chi connectivity index (χ4v) is 3.64. The smallest absolute Gasteiger partial charge is 0.347 e. The molecule has 0 bridgehead atoms. The van der Waals surface area contributed by atoms with Crippen molar-refractivity contribution in [2.45, 2.75) is 17.7 Å². The molecular weight excluding hydrogens is 288 g/mol. The van der Waals surface area contributed by atoms with Gasteiger partial charge in [0.1, 0.15) is 4.88 Å². The van der Waals surface area contributed by atoms with Crippen LogP contribution >= 0.6 is 11.3 Å². The van der Waals surface area contributed by atoms with Gasteiger partial charge >= 0.3 is 5.97 Å². The lowest BCUT2D eigenvalue weighted by atomic mass is 10.4. The lowest BCUT2D eigenvalue weighted by Gasteiger charge is -1.96. The molecule has 0 aromatic carbocycles. The van der Waals surface area contributed by atoms with Gasteiger partial charge in [0, 0.05) is 0 Å². The molecule has 1 N–H and O–H groups in total. The van der Waals surface area contributed by atoms with Crippen molar-refractivity contribution in [1.29, 1.82) is 0 Å². The summed E-state index contributed by atoms with van der Waals surface area (Å²) in [6, 6.07) is 0. The van der Waals surface area contributed by atoms with Crippen LogP contribution in [0.5, 0.6) is 0 Å². The van der Waals surface area contributed by atoms with Crippen LogP contribution < -0.4 is 0 Å². The Morgan fingerprint density at radius 1 is 1.50 bits per heavy atom. The maximum atomic E-state index is 11.8. The van der Waals surface area contributed by atoms with Crippen molar-refractivity contribution in [1.82, 2.24) is 4.98 Å². The second kappa shape index (κ2) is 5.53. The number of carbonyl (C=O) groups is 1. The van der Waals surface area contributed by atoms with Crippen molar-refractivity contribution in [2.75, 3.05) is 5.75 Å². The van der Waals surface area contributed by atoms with Gasteiger partial charge in [0.15, 0.2) is 0 Å². The van der Waals surface area contributed by atoms with E-state index >= 15 is 0 Å². The Hall–Kier alpha value is -1.35. The Labute approximate surface area is 106 Å². The van der Waals surface area contributed by atoms with Crippen molar-refractivity contribution in [2.24, 2.45) is 0 Å². The summed E-state index contributed by atoms with van der Waals surface area (Å²) in [5, 5.41) is 8.76. The Morgan fingerprint density at radius 3 is 2.56 bits per heavy atom. The summed E-state index contributed by atoms with van der Waals surface area (Å²) in [5.41, 5.74) is 0.0956. The molecular formula is C9H9F2NO4S2. The van der Waals surface area contributed by atoms with Gasteiger partial charge < -0.3 is 5.11 Å². The molecule has 0 aliphatic rings. The van der Waals surface area contributed by atoms with Crippen LogP contribution in [0.15, 0.2) is 16.5 Å². The minimum absolute atomic E-state index is 0.0956. The standard InChI is InChI=1S/C9H9F2NO4S2/c1-5-7(8(13)14)17-9(12-5)18(15,16)4-2-3-6(10)11/h3H,2,4H2,1H3,(H,13,14). The van der Waals surface area contributed by atoms with Gasteiger partial charge in [0.05, 0.1) is 11.4 Å². The third kappa shape index (κ3) is 3.57. The quantitative estimate of drug-likeness (QED) is 0.899. The highest BCUT2D eigenvalue weighted by molar-refractivity contribution is 7.93. The van der Waals surface area contributed by atoms with Crippen LogP contribution in [0, 0.1) is 6.92 Å². The monoisotopic (exact) mass is 297 g/mol. The van der Waals surface area contributed by atoms with E-state index in [1.54, 1.807) is 0 Å². The largest absolute Gasteiger partial charge is 0.477 e. The van der Waals surface area contributed by atoms with Crippen LogP contribution in [0.4, 0.5) is 8.78 Å². The number of nitrogens with zero attached hydrogens (tertiary/aromatic N) is 1. The normalized spacial score (nSPS) is 11.3. The predicted octanol–water partition coefficient (Wildman–Crippen LogP) is 2.09. The molecule has 0 unspecified atom stereocenters. The van der Waals surface area contributed by atoms with Crippen molar-refractivity contribution in [3.8, 4) is 0 Å². The van der Waals surface area contributed by atoms with Gasteiger partial charge in [-0.3, -0.25) is 0 Å². The van der Waals surface area contributed by atoms with E-state index in [1.165, 1.54) is 6.92 Å². The first-order valence-corrected chi connectivity index (χ1v) is 7.15. The zero-order valence-electron chi connectivity index (χ0n) is 9.18. The minimum Gasteiger partial charge on any atom is -0.477 e. The maximum Gasteiger partial charge on any atom is 0.347 e. The van der Waals surface area contributed by atoms with Crippen molar-refractivity contribution < 1.29 is 27.1 Å². The van der Waals surface area contributed by atoms with Crippen molar-refractivity contribution in [3.63, 3.8) is 0 Å². The van der Waals surface area contributed by atoms with E-state index in [2.05, 4.69) is 4.98 Å². The number of aromatic carboxylic acids is 1. The molecule has 1 aromatic heterocycles. The van der Waals surface area contributed by atoms with Crippen LogP contribution in [0.25, 0.3) is 0 Å². The number of carboxylic acid groups (broad SMARTS) is 1. The Kier molecular flexibility index (Phi) is 4.52. The Bertz CT molecular complexity index is 588. The van der Waals surface area contributed by atoms with Crippen LogP contribution in [-0.2, 0) is 9.84 Å². The molecule has 0 atom stereocenters. The Morgan fingerprint density at radius 2 is 2.11 bits per heavy atom. The van der Waals surface area contributed by atoms with Gasteiger partial charge in [-0.15, -0.1) is 0 Å². The fourth-order valence-electron chi connectivity index (χ4n) is 1.11. The molecule has 5 nitrogen and oxygen atoms in total. The number of sulfone groups is 1. The first-order valence-electron chi connectivity index (χ1n) is 4.68. The summed E-state index contributed by atoms with van der Waals surface area (Å²) < 4.78 is 46.5. The number of aryl methyl sites for hydroxylation is 1. The van der Waals surface area contributed by atoms with E-state index in [0.29, 0.717) is 17.4 Å². The topological polar surface area (TPSA) is 84.3 Å². The summed E-state index contributed by atoms with van der Waals surface area (Å²) in [5.74, 6) is -1.79.